The fourth-order valence-corrected chi connectivity index (χ4v) is 1.85. The number of nitrogens with one attached hydrogen (secondary N) is 1. The van der Waals surface area contributed by atoms with Crippen molar-refractivity contribution in [1.82, 2.24) is 5.32 Å². The molecule has 2 rings (SSSR count). The molecule has 98 valence electrons. The van der Waals surface area contributed by atoms with Crippen molar-refractivity contribution in [3.63, 3.8) is 0 Å². The zero-order valence-corrected chi connectivity index (χ0v) is 10.9. The first kappa shape index (κ1) is 13.1. The molecule has 0 radical (unpaired) electrons. The van der Waals surface area contributed by atoms with Crippen molar-refractivity contribution < 1.29 is 9.21 Å². The Hall–Kier alpha value is -2.29. The van der Waals surface area contributed by atoms with E-state index in [4.69, 9.17) is 4.42 Å². The van der Waals surface area contributed by atoms with Crippen LogP contribution in [0.25, 0.3) is 6.08 Å². The minimum absolute atomic E-state index is 0.0937. The van der Waals surface area contributed by atoms with E-state index in [0.717, 1.165) is 6.42 Å². The summed E-state index contributed by atoms with van der Waals surface area (Å²) in [7, 11) is 0. The molecule has 3 heteroatoms. The van der Waals surface area contributed by atoms with Crippen LogP contribution in [0.2, 0.25) is 0 Å². The van der Waals surface area contributed by atoms with Crippen molar-refractivity contribution in [2.75, 3.05) is 0 Å². The first-order chi connectivity index (χ1) is 9.24. The minimum Gasteiger partial charge on any atom is -0.465 e. The van der Waals surface area contributed by atoms with Gasteiger partial charge in [0.25, 0.3) is 0 Å². The molecule has 0 fully saturated rings. The lowest BCUT2D eigenvalue weighted by Gasteiger charge is -2.12. The summed E-state index contributed by atoms with van der Waals surface area (Å²) in [6.07, 6.45) is 5.54. The van der Waals surface area contributed by atoms with Crippen LogP contribution in [0, 0.1) is 0 Å². The predicted octanol–water partition coefficient (Wildman–Crippen LogP) is 3.04. The van der Waals surface area contributed by atoms with Gasteiger partial charge in [-0.05, 0) is 37.1 Å². The number of rotatable bonds is 5. The van der Waals surface area contributed by atoms with Gasteiger partial charge < -0.3 is 9.73 Å². The van der Waals surface area contributed by atoms with Crippen LogP contribution in [0.4, 0.5) is 0 Å². The molecular formula is C16H17NO2. The smallest absolute Gasteiger partial charge is 0.244 e. The second-order valence-electron chi connectivity index (χ2n) is 4.45. The van der Waals surface area contributed by atoms with E-state index < -0.39 is 0 Å². The summed E-state index contributed by atoms with van der Waals surface area (Å²) in [5, 5.41) is 2.92. The van der Waals surface area contributed by atoms with Crippen molar-refractivity contribution in [2.24, 2.45) is 0 Å². The van der Waals surface area contributed by atoms with Gasteiger partial charge in [0.2, 0.25) is 5.91 Å². The number of carbonyl (C=O) groups excluding carboxylic acids is 1. The summed E-state index contributed by atoms with van der Waals surface area (Å²) in [6, 6.07) is 13.8. The van der Waals surface area contributed by atoms with Crippen LogP contribution in [0.5, 0.6) is 0 Å². The Morgan fingerprint density at radius 3 is 2.74 bits per heavy atom. The molecule has 0 aliphatic rings. The normalized spacial score (nSPS) is 12.5. The third-order valence-corrected chi connectivity index (χ3v) is 2.72. The monoisotopic (exact) mass is 255 g/mol. The molecule has 0 bridgehead atoms. The van der Waals surface area contributed by atoms with Crippen LogP contribution in [0.1, 0.15) is 18.2 Å². The molecule has 1 unspecified atom stereocenters. The highest BCUT2D eigenvalue weighted by molar-refractivity contribution is 5.91. The number of amides is 1. The molecule has 1 heterocycles. The number of hydrogen-bond acceptors (Lipinski definition) is 2. The Kier molecular flexibility index (Phi) is 4.56. The fourth-order valence-electron chi connectivity index (χ4n) is 1.85. The Morgan fingerprint density at radius 2 is 2.05 bits per heavy atom. The van der Waals surface area contributed by atoms with Gasteiger partial charge in [-0.3, -0.25) is 4.79 Å². The number of furan rings is 1. The lowest BCUT2D eigenvalue weighted by molar-refractivity contribution is -0.117. The van der Waals surface area contributed by atoms with E-state index in [1.807, 2.05) is 25.1 Å². The predicted molar refractivity (Wildman–Crippen MR) is 75.5 cm³/mol. The van der Waals surface area contributed by atoms with E-state index in [9.17, 15) is 4.79 Å². The van der Waals surface area contributed by atoms with Gasteiger partial charge in [-0.2, -0.15) is 0 Å². The summed E-state index contributed by atoms with van der Waals surface area (Å²) in [4.78, 5) is 11.7. The van der Waals surface area contributed by atoms with Crippen molar-refractivity contribution in [3.05, 3.63) is 66.1 Å². The average molecular weight is 255 g/mol. The molecule has 1 aromatic carbocycles. The minimum atomic E-state index is -0.111. The molecule has 1 N–H and O–H groups in total. The SMILES string of the molecule is CC(Cc1ccccc1)NC(=O)C=Cc1ccco1. The summed E-state index contributed by atoms with van der Waals surface area (Å²) < 4.78 is 5.12. The second-order valence-corrected chi connectivity index (χ2v) is 4.45. The summed E-state index contributed by atoms with van der Waals surface area (Å²) in [5.74, 6) is 0.561. The van der Waals surface area contributed by atoms with Crippen LogP contribution in [0.3, 0.4) is 0 Å². The molecular weight excluding hydrogens is 238 g/mol. The maximum absolute atomic E-state index is 11.7. The largest absolute Gasteiger partial charge is 0.465 e. The first-order valence-corrected chi connectivity index (χ1v) is 6.30. The standard InChI is InChI=1S/C16H17NO2/c1-13(12-14-6-3-2-4-7-14)17-16(18)10-9-15-8-5-11-19-15/h2-11,13H,12H2,1H3,(H,17,18). The molecule has 0 aliphatic carbocycles. The van der Waals surface area contributed by atoms with Crippen molar-refractivity contribution in [2.45, 2.75) is 19.4 Å². The second kappa shape index (κ2) is 6.59. The molecule has 0 saturated heterocycles. The van der Waals surface area contributed by atoms with Crippen molar-refractivity contribution in [3.8, 4) is 0 Å². The molecule has 1 amide bonds. The van der Waals surface area contributed by atoms with E-state index >= 15 is 0 Å². The van der Waals surface area contributed by atoms with Gasteiger partial charge in [0.05, 0.1) is 6.26 Å². The van der Waals surface area contributed by atoms with Crippen LogP contribution in [-0.4, -0.2) is 11.9 Å². The molecule has 19 heavy (non-hydrogen) atoms. The van der Waals surface area contributed by atoms with E-state index in [0.29, 0.717) is 5.76 Å². The van der Waals surface area contributed by atoms with Gasteiger partial charge in [0, 0.05) is 12.1 Å². The van der Waals surface area contributed by atoms with Gasteiger partial charge in [-0.1, -0.05) is 30.3 Å². The van der Waals surface area contributed by atoms with E-state index in [2.05, 4.69) is 17.4 Å². The maximum atomic E-state index is 11.7. The van der Waals surface area contributed by atoms with Gasteiger partial charge >= 0.3 is 0 Å². The van der Waals surface area contributed by atoms with Crippen LogP contribution < -0.4 is 5.32 Å². The van der Waals surface area contributed by atoms with Gasteiger partial charge in [-0.15, -0.1) is 0 Å². The summed E-state index contributed by atoms with van der Waals surface area (Å²) in [5.41, 5.74) is 1.21. The molecule has 0 aliphatic heterocycles. The topological polar surface area (TPSA) is 42.2 Å². The lowest BCUT2D eigenvalue weighted by Crippen LogP contribution is -2.32. The highest BCUT2D eigenvalue weighted by Crippen LogP contribution is 2.04. The van der Waals surface area contributed by atoms with E-state index in [1.54, 1.807) is 24.5 Å². The van der Waals surface area contributed by atoms with Crippen LogP contribution in [0.15, 0.2) is 59.2 Å². The van der Waals surface area contributed by atoms with Gasteiger partial charge in [-0.25, -0.2) is 0 Å². The third-order valence-electron chi connectivity index (χ3n) is 2.72. The zero-order chi connectivity index (χ0) is 13.5. The highest BCUT2D eigenvalue weighted by Gasteiger charge is 2.05. The zero-order valence-electron chi connectivity index (χ0n) is 10.9. The van der Waals surface area contributed by atoms with Gasteiger partial charge in [0.15, 0.2) is 0 Å². The van der Waals surface area contributed by atoms with Gasteiger partial charge in [0.1, 0.15) is 5.76 Å². The molecule has 1 aromatic heterocycles. The summed E-state index contributed by atoms with van der Waals surface area (Å²) in [6.45, 7) is 1.99. The Morgan fingerprint density at radius 1 is 1.26 bits per heavy atom. The number of benzene rings is 1. The van der Waals surface area contributed by atoms with Crippen LogP contribution >= 0.6 is 0 Å². The van der Waals surface area contributed by atoms with Crippen molar-refractivity contribution in [1.29, 1.82) is 0 Å². The number of carbonyl (C=O) groups is 1. The first-order valence-electron chi connectivity index (χ1n) is 6.30. The molecule has 3 nitrogen and oxygen atoms in total. The Labute approximate surface area is 112 Å². The highest BCUT2D eigenvalue weighted by atomic mass is 16.3. The quantitative estimate of drug-likeness (QED) is 0.834. The molecule has 1 atom stereocenters. The summed E-state index contributed by atoms with van der Waals surface area (Å²) >= 11 is 0. The Bertz CT molecular complexity index is 529. The van der Waals surface area contributed by atoms with Crippen LogP contribution in [-0.2, 0) is 11.2 Å². The average Bonchev–Trinajstić information content (AvgIpc) is 2.90. The molecule has 0 saturated carbocycles. The van der Waals surface area contributed by atoms with E-state index in [-0.39, 0.29) is 11.9 Å². The van der Waals surface area contributed by atoms with Crippen molar-refractivity contribution >= 4 is 12.0 Å². The lowest BCUT2D eigenvalue weighted by atomic mass is 10.1. The molecule has 0 spiro atoms. The third kappa shape index (κ3) is 4.47. The number of hydrogen-bond donors (Lipinski definition) is 1. The maximum Gasteiger partial charge on any atom is 0.244 e. The molecule has 2 aromatic rings. The fraction of sp³-hybridized carbons (Fsp3) is 0.188. The Balaban J connectivity index is 1.82. The van der Waals surface area contributed by atoms with E-state index in [1.165, 1.54) is 11.6 Å².